The minimum absolute atomic E-state index is 0.283. The first-order valence-electron chi connectivity index (χ1n) is 9.75. The first-order chi connectivity index (χ1) is 14.5. The fraction of sp³-hybridized carbons (Fsp3) is 0.120. The van der Waals surface area contributed by atoms with Crippen LogP contribution in [-0.4, -0.2) is 25.9 Å². The molecule has 0 spiro atoms. The minimum Gasteiger partial charge on any atom is -0.378 e. The van der Waals surface area contributed by atoms with Gasteiger partial charge in [-0.3, -0.25) is 9.59 Å². The number of rotatable bonds is 5. The van der Waals surface area contributed by atoms with Crippen LogP contribution in [0.4, 0.5) is 17.1 Å². The summed E-state index contributed by atoms with van der Waals surface area (Å²) in [5.74, 6) is -0.694. The Kier molecular flexibility index (Phi) is 5.11. The maximum atomic E-state index is 13.3. The van der Waals surface area contributed by atoms with Crippen LogP contribution in [0, 0.1) is 6.92 Å². The third kappa shape index (κ3) is 3.57. The van der Waals surface area contributed by atoms with Crippen LogP contribution in [0.5, 0.6) is 0 Å². The Morgan fingerprint density at radius 3 is 2.00 bits per heavy atom. The number of nitrogens with one attached hydrogen (secondary N) is 1. The average Bonchev–Trinajstić information content (AvgIpc) is 2.99. The molecule has 1 N–H and O–H groups in total. The molecule has 30 heavy (non-hydrogen) atoms. The molecule has 0 atom stereocenters. The molecule has 0 fully saturated rings. The molecule has 5 nitrogen and oxygen atoms in total. The van der Waals surface area contributed by atoms with E-state index in [0.29, 0.717) is 16.8 Å². The third-order valence-corrected chi connectivity index (χ3v) is 5.09. The molecule has 2 amide bonds. The van der Waals surface area contributed by atoms with Gasteiger partial charge in [-0.25, -0.2) is 4.90 Å². The summed E-state index contributed by atoms with van der Waals surface area (Å²) >= 11 is 0. The molecule has 0 saturated carbocycles. The van der Waals surface area contributed by atoms with E-state index in [1.54, 1.807) is 12.1 Å². The fourth-order valence-corrected chi connectivity index (χ4v) is 3.43. The molecule has 0 radical (unpaired) electrons. The molecule has 3 aromatic carbocycles. The number of amides is 2. The number of anilines is 3. The number of imide groups is 1. The molecule has 150 valence electrons. The van der Waals surface area contributed by atoms with Gasteiger partial charge in [-0.2, -0.15) is 0 Å². The predicted molar refractivity (Wildman–Crippen MR) is 121 cm³/mol. The molecule has 1 aliphatic heterocycles. The lowest BCUT2D eigenvalue weighted by atomic mass is 10.0. The number of para-hydroxylation sites is 1. The van der Waals surface area contributed by atoms with E-state index in [4.69, 9.17) is 0 Å². The largest absolute Gasteiger partial charge is 0.378 e. The van der Waals surface area contributed by atoms with Gasteiger partial charge in [-0.1, -0.05) is 48.0 Å². The summed E-state index contributed by atoms with van der Waals surface area (Å²) in [7, 11) is 3.94. The molecule has 3 aromatic rings. The summed E-state index contributed by atoms with van der Waals surface area (Å²) in [6, 6.07) is 24.4. The number of nitrogens with zero attached hydrogens (tertiary/aromatic N) is 2. The van der Waals surface area contributed by atoms with Crippen molar-refractivity contribution in [2.45, 2.75) is 6.92 Å². The van der Waals surface area contributed by atoms with Crippen molar-refractivity contribution in [3.63, 3.8) is 0 Å². The first kappa shape index (κ1) is 19.5. The van der Waals surface area contributed by atoms with E-state index in [-0.39, 0.29) is 17.5 Å². The lowest BCUT2D eigenvalue weighted by molar-refractivity contribution is -0.120. The minimum atomic E-state index is -0.363. The van der Waals surface area contributed by atoms with Gasteiger partial charge in [0.2, 0.25) is 0 Å². The monoisotopic (exact) mass is 397 g/mol. The van der Waals surface area contributed by atoms with Crippen LogP contribution in [0.3, 0.4) is 0 Å². The third-order valence-electron chi connectivity index (χ3n) is 5.09. The van der Waals surface area contributed by atoms with Crippen molar-refractivity contribution in [3.05, 3.63) is 95.7 Å². The van der Waals surface area contributed by atoms with Gasteiger partial charge in [0.15, 0.2) is 0 Å². The number of carbonyl (C=O) groups is 2. The highest BCUT2D eigenvalue weighted by molar-refractivity contribution is 6.46. The van der Waals surface area contributed by atoms with E-state index in [2.05, 4.69) is 5.32 Å². The number of hydrogen-bond donors (Lipinski definition) is 1. The van der Waals surface area contributed by atoms with E-state index >= 15 is 0 Å². The Balaban J connectivity index is 1.77. The first-order valence-corrected chi connectivity index (χ1v) is 9.75. The molecular formula is C25H23N3O2. The van der Waals surface area contributed by atoms with Crippen LogP contribution in [0.25, 0.3) is 5.57 Å². The molecule has 0 unspecified atom stereocenters. The van der Waals surface area contributed by atoms with Crippen LogP contribution >= 0.6 is 0 Å². The standard InChI is InChI=1S/C25H23N3O2/c1-17-9-11-18(12-10-17)22-23(26-19-13-15-20(16-14-19)27(2)3)25(30)28(24(22)29)21-7-5-4-6-8-21/h4-16,26H,1-3H3. The molecule has 1 heterocycles. The zero-order valence-corrected chi connectivity index (χ0v) is 17.2. The summed E-state index contributed by atoms with van der Waals surface area (Å²) < 4.78 is 0. The summed E-state index contributed by atoms with van der Waals surface area (Å²) in [6.07, 6.45) is 0. The molecular weight excluding hydrogens is 374 g/mol. The van der Waals surface area contributed by atoms with E-state index in [9.17, 15) is 9.59 Å². The molecule has 0 aliphatic carbocycles. The Hall–Kier alpha value is -3.86. The highest BCUT2D eigenvalue weighted by atomic mass is 16.2. The molecule has 0 bridgehead atoms. The van der Waals surface area contributed by atoms with Gasteiger partial charge >= 0.3 is 0 Å². The highest BCUT2D eigenvalue weighted by Crippen LogP contribution is 2.34. The second-order valence-electron chi connectivity index (χ2n) is 7.46. The van der Waals surface area contributed by atoms with Gasteiger partial charge in [0.1, 0.15) is 5.70 Å². The maximum absolute atomic E-state index is 13.3. The van der Waals surface area contributed by atoms with Crippen molar-refractivity contribution < 1.29 is 9.59 Å². The van der Waals surface area contributed by atoms with Crippen molar-refractivity contribution in [1.82, 2.24) is 0 Å². The van der Waals surface area contributed by atoms with Crippen LogP contribution in [0.2, 0.25) is 0 Å². The Morgan fingerprint density at radius 1 is 0.767 bits per heavy atom. The highest BCUT2D eigenvalue weighted by Gasteiger charge is 2.40. The van der Waals surface area contributed by atoms with Gasteiger partial charge in [0, 0.05) is 25.5 Å². The zero-order valence-electron chi connectivity index (χ0n) is 17.2. The Labute approximate surface area is 176 Å². The second kappa shape index (κ2) is 7.87. The van der Waals surface area contributed by atoms with Crippen molar-refractivity contribution in [1.29, 1.82) is 0 Å². The molecule has 1 aliphatic rings. The molecule has 5 heteroatoms. The smallest absolute Gasteiger partial charge is 0.282 e. The topological polar surface area (TPSA) is 52.7 Å². The average molecular weight is 397 g/mol. The van der Waals surface area contributed by atoms with Gasteiger partial charge in [0.05, 0.1) is 11.3 Å². The SMILES string of the molecule is Cc1ccc(C2=C(Nc3ccc(N(C)C)cc3)C(=O)N(c3ccccc3)C2=O)cc1. The number of hydrogen-bond acceptors (Lipinski definition) is 4. The van der Waals surface area contributed by atoms with Gasteiger partial charge in [-0.05, 0) is 48.9 Å². The molecule has 0 saturated heterocycles. The fourth-order valence-electron chi connectivity index (χ4n) is 3.43. The zero-order chi connectivity index (χ0) is 21.3. The van der Waals surface area contributed by atoms with Crippen molar-refractivity contribution in [3.8, 4) is 0 Å². The van der Waals surface area contributed by atoms with E-state index in [0.717, 1.165) is 16.9 Å². The number of benzene rings is 3. The second-order valence-corrected chi connectivity index (χ2v) is 7.46. The Morgan fingerprint density at radius 2 is 1.40 bits per heavy atom. The quantitative estimate of drug-likeness (QED) is 0.646. The lowest BCUT2D eigenvalue weighted by Gasteiger charge is -2.16. The van der Waals surface area contributed by atoms with Gasteiger partial charge < -0.3 is 10.2 Å². The summed E-state index contributed by atoms with van der Waals surface area (Å²) in [5.41, 5.74) is 4.81. The maximum Gasteiger partial charge on any atom is 0.282 e. The molecule has 4 rings (SSSR count). The predicted octanol–water partition coefficient (Wildman–Crippen LogP) is 4.46. The van der Waals surface area contributed by atoms with E-state index in [1.165, 1.54) is 4.90 Å². The Bertz CT molecular complexity index is 1120. The van der Waals surface area contributed by atoms with Crippen molar-refractivity contribution in [2.24, 2.45) is 0 Å². The summed E-state index contributed by atoms with van der Waals surface area (Å²) in [5, 5.41) is 3.20. The van der Waals surface area contributed by atoms with E-state index in [1.807, 2.05) is 92.6 Å². The van der Waals surface area contributed by atoms with Crippen LogP contribution in [0.1, 0.15) is 11.1 Å². The van der Waals surface area contributed by atoms with Crippen molar-refractivity contribution >= 4 is 34.4 Å². The molecule has 0 aromatic heterocycles. The van der Waals surface area contributed by atoms with Crippen LogP contribution < -0.4 is 15.1 Å². The van der Waals surface area contributed by atoms with Crippen LogP contribution in [0.15, 0.2) is 84.6 Å². The lowest BCUT2D eigenvalue weighted by Crippen LogP contribution is -2.32. The van der Waals surface area contributed by atoms with Gasteiger partial charge in [-0.15, -0.1) is 0 Å². The normalized spacial score (nSPS) is 13.8. The number of carbonyl (C=O) groups excluding carboxylic acids is 2. The number of aryl methyl sites for hydroxylation is 1. The van der Waals surface area contributed by atoms with E-state index < -0.39 is 0 Å². The van der Waals surface area contributed by atoms with Crippen LogP contribution in [-0.2, 0) is 9.59 Å². The summed E-state index contributed by atoms with van der Waals surface area (Å²) in [4.78, 5) is 29.9. The summed E-state index contributed by atoms with van der Waals surface area (Å²) in [6.45, 7) is 1.99. The van der Waals surface area contributed by atoms with Crippen molar-refractivity contribution in [2.75, 3.05) is 29.2 Å². The van der Waals surface area contributed by atoms with Gasteiger partial charge in [0.25, 0.3) is 11.8 Å².